The molecule has 11 heteroatoms. The summed E-state index contributed by atoms with van der Waals surface area (Å²) < 4.78 is 34.4. The maximum Gasteiger partial charge on any atom is 0.539 e. The summed E-state index contributed by atoms with van der Waals surface area (Å²) in [4.78, 5) is 35.5. The van der Waals surface area contributed by atoms with Crippen molar-refractivity contribution in [1.29, 1.82) is 0 Å². The Hall–Kier alpha value is -5.32. The first-order valence-electron chi connectivity index (χ1n) is 11.7. The molecule has 0 saturated heterocycles. The molecule has 1 amide bonds. The van der Waals surface area contributed by atoms with Gasteiger partial charge in [-0.25, -0.2) is 14.0 Å². The van der Waals surface area contributed by atoms with Crippen LogP contribution in [0.5, 0.6) is 23.2 Å². The number of hydrogen-bond donors (Lipinski definition) is 0. The standard InChI is InChI=1S/C28H23FN2O8/c1-20(19-34-30-18-25-16-17-26(36-25)35-24-14-12-21(29)13-15-24)31(27(32)37-22-8-4-2-5-9-22)39-28(33)38-23-10-6-3-7-11-23/h2-18,20H,19H2,1H3/b30-18+. The zero-order valence-corrected chi connectivity index (χ0v) is 20.6. The predicted octanol–water partition coefficient (Wildman–Crippen LogP) is 6.58. The van der Waals surface area contributed by atoms with Gasteiger partial charge in [-0.05, 0) is 61.5 Å². The van der Waals surface area contributed by atoms with Crippen molar-refractivity contribution < 1.29 is 42.3 Å². The quantitative estimate of drug-likeness (QED) is 0.103. The minimum Gasteiger partial charge on any atom is -0.426 e. The molecule has 1 aromatic heterocycles. The molecule has 4 aromatic rings. The average molecular weight is 534 g/mol. The second-order valence-electron chi connectivity index (χ2n) is 7.86. The van der Waals surface area contributed by atoms with Gasteiger partial charge in [0.2, 0.25) is 0 Å². The van der Waals surface area contributed by atoms with E-state index in [9.17, 15) is 14.0 Å². The summed E-state index contributed by atoms with van der Waals surface area (Å²) in [5.41, 5.74) is 0. The summed E-state index contributed by atoms with van der Waals surface area (Å²) in [5, 5.41) is 4.50. The first-order valence-corrected chi connectivity index (χ1v) is 11.7. The van der Waals surface area contributed by atoms with Gasteiger partial charge in [-0.15, -0.1) is 5.06 Å². The molecule has 0 bridgehead atoms. The molecule has 39 heavy (non-hydrogen) atoms. The molecule has 0 spiro atoms. The molecule has 0 N–H and O–H groups in total. The Morgan fingerprint density at radius 2 is 1.51 bits per heavy atom. The summed E-state index contributed by atoms with van der Waals surface area (Å²) in [6.45, 7) is 1.37. The van der Waals surface area contributed by atoms with Gasteiger partial charge >= 0.3 is 12.2 Å². The van der Waals surface area contributed by atoms with Crippen molar-refractivity contribution in [3.63, 3.8) is 0 Å². The number of hydrogen-bond acceptors (Lipinski definition) is 9. The number of carbonyl (C=O) groups is 2. The number of ether oxygens (including phenoxy) is 3. The normalized spacial score (nSPS) is 11.4. The Morgan fingerprint density at radius 3 is 2.18 bits per heavy atom. The summed E-state index contributed by atoms with van der Waals surface area (Å²) in [7, 11) is 0. The highest BCUT2D eigenvalue weighted by Crippen LogP contribution is 2.23. The van der Waals surface area contributed by atoms with Crippen LogP contribution in [0, 0.1) is 5.82 Å². The third kappa shape index (κ3) is 8.35. The van der Waals surface area contributed by atoms with Gasteiger partial charge in [0.25, 0.3) is 5.95 Å². The van der Waals surface area contributed by atoms with Gasteiger partial charge in [-0.2, -0.15) is 0 Å². The Morgan fingerprint density at radius 1 is 0.872 bits per heavy atom. The number of amides is 1. The van der Waals surface area contributed by atoms with Gasteiger partial charge in [-0.1, -0.05) is 41.6 Å². The van der Waals surface area contributed by atoms with Crippen molar-refractivity contribution in [2.45, 2.75) is 13.0 Å². The highest BCUT2D eigenvalue weighted by Gasteiger charge is 2.28. The molecular weight excluding hydrogens is 511 g/mol. The molecule has 0 saturated carbocycles. The number of rotatable bonds is 9. The Bertz CT molecular complexity index is 1380. The molecule has 0 aliphatic rings. The molecule has 0 fully saturated rings. The fourth-order valence-corrected chi connectivity index (χ4v) is 3.01. The molecule has 10 nitrogen and oxygen atoms in total. The Kier molecular flexibility index (Phi) is 9.11. The van der Waals surface area contributed by atoms with Crippen LogP contribution in [0.2, 0.25) is 0 Å². The molecule has 3 aromatic carbocycles. The van der Waals surface area contributed by atoms with Crippen LogP contribution < -0.4 is 14.2 Å². The van der Waals surface area contributed by atoms with Gasteiger partial charge in [-0.3, -0.25) is 4.84 Å². The molecule has 0 aliphatic carbocycles. The van der Waals surface area contributed by atoms with Gasteiger partial charge < -0.3 is 23.5 Å². The second kappa shape index (κ2) is 13.3. The number of hydroxylamine groups is 2. The maximum absolute atomic E-state index is 13.0. The van der Waals surface area contributed by atoms with Crippen LogP contribution in [-0.4, -0.2) is 36.2 Å². The van der Waals surface area contributed by atoms with Gasteiger partial charge in [0.1, 0.15) is 41.9 Å². The summed E-state index contributed by atoms with van der Waals surface area (Å²) in [6.07, 6.45) is -0.841. The SMILES string of the molecule is CC(CO/N=C/c1ccc(Oc2ccc(F)cc2)o1)N(OC(=O)Oc1ccccc1)C(=O)Oc1ccccc1. The smallest absolute Gasteiger partial charge is 0.426 e. The van der Waals surface area contributed by atoms with E-state index < -0.39 is 18.3 Å². The zero-order chi connectivity index (χ0) is 27.5. The van der Waals surface area contributed by atoms with Crippen molar-refractivity contribution in [2.24, 2.45) is 5.16 Å². The van der Waals surface area contributed by atoms with Crippen LogP contribution in [-0.2, 0) is 9.68 Å². The van der Waals surface area contributed by atoms with E-state index in [2.05, 4.69) is 5.16 Å². The molecule has 4 rings (SSSR count). The first-order chi connectivity index (χ1) is 19.0. The number of oxime groups is 1. The lowest BCUT2D eigenvalue weighted by Gasteiger charge is -2.24. The van der Waals surface area contributed by atoms with Crippen LogP contribution in [0.25, 0.3) is 0 Å². The zero-order valence-electron chi connectivity index (χ0n) is 20.6. The summed E-state index contributed by atoms with van der Waals surface area (Å²) in [6, 6.07) is 24.2. The lowest BCUT2D eigenvalue weighted by Crippen LogP contribution is -2.44. The average Bonchev–Trinajstić information content (AvgIpc) is 3.39. The molecule has 1 atom stereocenters. The topological polar surface area (TPSA) is 109 Å². The lowest BCUT2D eigenvalue weighted by molar-refractivity contribution is -0.125. The van der Waals surface area contributed by atoms with Gasteiger partial charge in [0.05, 0.1) is 0 Å². The largest absolute Gasteiger partial charge is 0.539 e. The number of para-hydroxylation sites is 2. The fraction of sp³-hybridized carbons (Fsp3) is 0.107. The van der Waals surface area contributed by atoms with Crippen LogP contribution >= 0.6 is 0 Å². The first kappa shape index (κ1) is 26.7. The number of halogens is 1. The molecular formula is C28H23FN2O8. The van der Waals surface area contributed by atoms with Crippen LogP contribution in [0.3, 0.4) is 0 Å². The molecule has 200 valence electrons. The Balaban J connectivity index is 1.34. The highest BCUT2D eigenvalue weighted by atomic mass is 19.1. The van der Waals surface area contributed by atoms with E-state index in [1.807, 2.05) is 0 Å². The van der Waals surface area contributed by atoms with E-state index in [-0.39, 0.29) is 29.9 Å². The van der Waals surface area contributed by atoms with E-state index in [1.54, 1.807) is 79.7 Å². The van der Waals surface area contributed by atoms with Crippen molar-refractivity contribution in [1.82, 2.24) is 5.06 Å². The molecule has 0 aliphatic heterocycles. The van der Waals surface area contributed by atoms with E-state index in [0.717, 1.165) is 0 Å². The van der Waals surface area contributed by atoms with E-state index in [4.69, 9.17) is 28.3 Å². The molecule has 1 unspecified atom stereocenters. The summed E-state index contributed by atoms with van der Waals surface area (Å²) >= 11 is 0. The number of benzene rings is 3. The third-order valence-electron chi connectivity index (χ3n) is 4.85. The van der Waals surface area contributed by atoms with Gasteiger partial charge in [0.15, 0.2) is 5.76 Å². The van der Waals surface area contributed by atoms with E-state index >= 15 is 0 Å². The predicted molar refractivity (Wildman–Crippen MR) is 136 cm³/mol. The minimum absolute atomic E-state index is 0.164. The molecule has 1 heterocycles. The Labute approximate surface area is 222 Å². The van der Waals surface area contributed by atoms with Crippen LogP contribution in [0.1, 0.15) is 12.7 Å². The van der Waals surface area contributed by atoms with Crippen molar-refractivity contribution in [2.75, 3.05) is 6.61 Å². The number of carbonyl (C=O) groups excluding carboxylic acids is 2. The fourth-order valence-electron chi connectivity index (χ4n) is 3.01. The van der Waals surface area contributed by atoms with Crippen molar-refractivity contribution >= 4 is 18.5 Å². The van der Waals surface area contributed by atoms with Gasteiger partial charge in [0, 0.05) is 6.07 Å². The third-order valence-corrected chi connectivity index (χ3v) is 4.85. The maximum atomic E-state index is 13.0. The van der Waals surface area contributed by atoms with E-state index in [1.165, 1.54) is 30.5 Å². The van der Waals surface area contributed by atoms with Crippen molar-refractivity contribution in [3.05, 3.63) is 109 Å². The van der Waals surface area contributed by atoms with Crippen LogP contribution in [0.4, 0.5) is 14.0 Å². The number of nitrogens with zero attached hydrogens (tertiary/aromatic N) is 2. The number of furan rings is 1. The second-order valence-corrected chi connectivity index (χ2v) is 7.86. The summed E-state index contributed by atoms with van der Waals surface area (Å²) in [5.74, 6) is 0.960. The van der Waals surface area contributed by atoms with E-state index in [0.29, 0.717) is 16.6 Å². The monoisotopic (exact) mass is 534 g/mol. The minimum atomic E-state index is -1.15. The lowest BCUT2D eigenvalue weighted by atomic mass is 10.3. The molecule has 0 radical (unpaired) electrons. The van der Waals surface area contributed by atoms with Crippen molar-refractivity contribution in [3.8, 4) is 23.2 Å². The highest BCUT2D eigenvalue weighted by molar-refractivity contribution is 5.75. The van der Waals surface area contributed by atoms with Crippen LogP contribution in [0.15, 0.2) is 107 Å².